The van der Waals surface area contributed by atoms with E-state index in [0.29, 0.717) is 38.3 Å². The number of aryl methyl sites for hydroxylation is 1. The largest absolute Gasteiger partial charge is 0.465 e. The molecular weight excluding hydrogens is 596 g/mol. The average Bonchev–Trinajstić information content (AvgIpc) is 3.63. The summed E-state index contributed by atoms with van der Waals surface area (Å²) in [7, 11) is 2.14. The fourth-order valence-corrected chi connectivity index (χ4v) is 8.23. The van der Waals surface area contributed by atoms with E-state index in [2.05, 4.69) is 46.7 Å². The predicted molar refractivity (Wildman–Crippen MR) is 177 cm³/mol. The van der Waals surface area contributed by atoms with Crippen LogP contribution in [0.5, 0.6) is 6.01 Å². The zero-order valence-electron chi connectivity index (χ0n) is 27.6. The lowest BCUT2D eigenvalue weighted by molar-refractivity contribution is -0.0366. The van der Waals surface area contributed by atoms with Gasteiger partial charge in [-0.25, -0.2) is 9.48 Å². The molecule has 2 aromatic heterocycles. The summed E-state index contributed by atoms with van der Waals surface area (Å²) in [6, 6.07) is 6.89. The normalized spacial score (nSPS) is 25.4. The summed E-state index contributed by atoms with van der Waals surface area (Å²) in [6.07, 6.45) is 10.2. The quantitative estimate of drug-likeness (QED) is 0.349. The molecule has 1 aliphatic carbocycles. The van der Waals surface area contributed by atoms with E-state index in [4.69, 9.17) is 24.5 Å². The molecule has 0 radical (unpaired) electrons. The molecule has 1 aromatic carbocycles. The van der Waals surface area contributed by atoms with E-state index in [-0.39, 0.29) is 18.6 Å². The van der Waals surface area contributed by atoms with E-state index in [1.807, 2.05) is 6.20 Å². The number of carbonyl (C=O) groups is 1. The number of nitrogens with zero attached hydrogens (tertiary/aromatic N) is 8. The standard InChI is InChI=1S/C35H46N8O4/c1-23-11-12-30-28(20-37-43(30)31-10-3-4-18-46-31)32(23)24-7-5-9-27-29(19-24)38-34(47-22-26-8-6-15-40(26)2)39-33(27)41-16-17-42(35(44)45)25(21-41)13-14-36/h11-12,20,24-26,31H,3-10,13,15-19,21-22H2,1-2H3,(H,44,45)/t24?,25-,26-,31?/m0/s1. The molecule has 3 aliphatic heterocycles. The highest BCUT2D eigenvalue weighted by Gasteiger charge is 2.34. The summed E-state index contributed by atoms with van der Waals surface area (Å²) >= 11 is 0. The van der Waals surface area contributed by atoms with Gasteiger partial charge in [-0.05, 0) is 101 Å². The summed E-state index contributed by atoms with van der Waals surface area (Å²) < 4.78 is 14.5. The topological polar surface area (TPSA) is 133 Å². The molecule has 0 saturated carbocycles. The number of piperazine rings is 1. The number of aromatic nitrogens is 4. The number of hydrogen-bond acceptors (Lipinski definition) is 9. The minimum atomic E-state index is -0.984. The van der Waals surface area contributed by atoms with Crippen LogP contribution in [0.25, 0.3) is 10.9 Å². The summed E-state index contributed by atoms with van der Waals surface area (Å²) in [6.45, 7) is 5.81. The summed E-state index contributed by atoms with van der Waals surface area (Å²) in [4.78, 5) is 28.0. The van der Waals surface area contributed by atoms with Gasteiger partial charge in [-0.2, -0.15) is 20.3 Å². The van der Waals surface area contributed by atoms with Crippen LogP contribution in [0.3, 0.4) is 0 Å². The minimum absolute atomic E-state index is 0.0213. The van der Waals surface area contributed by atoms with Gasteiger partial charge < -0.3 is 29.3 Å². The average molecular weight is 643 g/mol. The third kappa shape index (κ3) is 6.35. The Morgan fingerprint density at radius 2 is 2.00 bits per heavy atom. The van der Waals surface area contributed by atoms with Crippen LogP contribution < -0.4 is 9.64 Å². The molecule has 0 bridgehead atoms. The van der Waals surface area contributed by atoms with Gasteiger partial charge in [-0.1, -0.05) is 6.07 Å². The molecule has 12 heteroatoms. The molecule has 2 unspecified atom stereocenters. The van der Waals surface area contributed by atoms with E-state index in [1.165, 1.54) is 21.4 Å². The molecule has 0 spiro atoms. The van der Waals surface area contributed by atoms with Gasteiger partial charge in [0.15, 0.2) is 6.23 Å². The minimum Gasteiger partial charge on any atom is -0.465 e. The number of fused-ring (bicyclic) bond motifs is 2. The molecule has 5 heterocycles. The number of likely N-dealkylation sites (tertiary alicyclic amines) is 1. The molecule has 3 saturated heterocycles. The number of carboxylic acid groups (broad SMARTS) is 1. The van der Waals surface area contributed by atoms with Crippen LogP contribution in [0.4, 0.5) is 10.6 Å². The van der Waals surface area contributed by atoms with Gasteiger partial charge in [-0.3, -0.25) is 0 Å². The molecule has 250 valence electrons. The first kappa shape index (κ1) is 31.6. The van der Waals surface area contributed by atoms with Crippen LogP contribution in [0.1, 0.15) is 85.9 Å². The Hall–Kier alpha value is -3.95. The second-order valence-corrected chi connectivity index (χ2v) is 13.7. The molecule has 47 heavy (non-hydrogen) atoms. The van der Waals surface area contributed by atoms with Gasteiger partial charge >= 0.3 is 12.1 Å². The molecule has 3 fully saturated rings. The number of nitriles is 1. The van der Waals surface area contributed by atoms with Crippen LogP contribution >= 0.6 is 0 Å². The fraction of sp³-hybridized carbons (Fsp3) is 0.629. The summed E-state index contributed by atoms with van der Waals surface area (Å²) in [5, 5.41) is 25.3. The van der Waals surface area contributed by atoms with Crippen LogP contribution in [0.2, 0.25) is 0 Å². The van der Waals surface area contributed by atoms with E-state index in [0.717, 1.165) is 93.5 Å². The van der Waals surface area contributed by atoms with Crippen molar-refractivity contribution in [2.75, 3.05) is 51.3 Å². The van der Waals surface area contributed by atoms with E-state index in [1.54, 1.807) is 0 Å². The van der Waals surface area contributed by atoms with Crippen molar-refractivity contribution in [1.82, 2.24) is 29.5 Å². The van der Waals surface area contributed by atoms with Crippen molar-refractivity contribution in [1.29, 1.82) is 5.26 Å². The zero-order chi connectivity index (χ0) is 32.5. The van der Waals surface area contributed by atoms with Crippen molar-refractivity contribution < 1.29 is 19.4 Å². The molecule has 12 nitrogen and oxygen atoms in total. The van der Waals surface area contributed by atoms with E-state index in [9.17, 15) is 15.2 Å². The van der Waals surface area contributed by atoms with Crippen molar-refractivity contribution in [2.45, 2.75) is 95.4 Å². The van der Waals surface area contributed by atoms with E-state index < -0.39 is 12.1 Å². The Balaban J connectivity index is 1.24. The maximum Gasteiger partial charge on any atom is 0.407 e. The highest BCUT2D eigenvalue weighted by atomic mass is 16.5. The third-order valence-corrected chi connectivity index (χ3v) is 10.8. The van der Waals surface area contributed by atoms with Crippen LogP contribution in [-0.2, 0) is 17.6 Å². The Labute approximate surface area is 276 Å². The van der Waals surface area contributed by atoms with Gasteiger partial charge in [-0.15, -0.1) is 0 Å². The van der Waals surface area contributed by atoms with Crippen molar-refractivity contribution >= 4 is 22.8 Å². The molecule has 1 N–H and O–H groups in total. The first-order valence-corrected chi connectivity index (χ1v) is 17.3. The number of rotatable bonds is 7. The lowest BCUT2D eigenvalue weighted by Crippen LogP contribution is -2.55. The van der Waals surface area contributed by atoms with Crippen molar-refractivity contribution in [2.24, 2.45) is 0 Å². The summed E-state index contributed by atoms with van der Waals surface area (Å²) in [5.74, 6) is 1.08. The Kier molecular flexibility index (Phi) is 9.19. The molecule has 7 rings (SSSR count). The summed E-state index contributed by atoms with van der Waals surface area (Å²) in [5.41, 5.74) is 5.83. The molecule has 1 amide bonds. The van der Waals surface area contributed by atoms with Crippen LogP contribution in [0, 0.1) is 18.3 Å². The first-order chi connectivity index (χ1) is 22.9. The smallest absolute Gasteiger partial charge is 0.407 e. The van der Waals surface area contributed by atoms with Crippen LogP contribution in [-0.4, -0.2) is 99.3 Å². The fourth-order valence-electron chi connectivity index (χ4n) is 8.23. The monoisotopic (exact) mass is 642 g/mol. The third-order valence-electron chi connectivity index (χ3n) is 10.8. The van der Waals surface area contributed by atoms with Gasteiger partial charge in [0.05, 0.1) is 35.9 Å². The molecule has 4 aliphatic rings. The molecular formula is C35H46N8O4. The van der Waals surface area contributed by atoms with E-state index >= 15 is 0 Å². The Morgan fingerprint density at radius 3 is 2.77 bits per heavy atom. The Morgan fingerprint density at radius 1 is 1.11 bits per heavy atom. The van der Waals surface area contributed by atoms with Gasteiger partial charge in [0.1, 0.15) is 12.4 Å². The lowest BCUT2D eigenvalue weighted by Gasteiger charge is -2.40. The number of ether oxygens (including phenoxy) is 2. The maximum absolute atomic E-state index is 12.0. The number of amides is 1. The second kappa shape index (κ2) is 13.6. The van der Waals surface area contributed by atoms with Crippen molar-refractivity contribution in [3.63, 3.8) is 0 Å². The Bertz CT molecular complexity index is 1650. The maximum atomic E-state index is 12.0. The zero-order valence-corrected chi connectivity index (χ0v) is 27.6. The van der Waals surface area contributed by atoms with Gasteiger partial charge in [0.2, 0.25) is 0 Å². The number of anilines is 1. The number of likely N-dealkylation sites (N-methyl/N-ethyl adjacent to an activating group) is 1. The molecule has 3 aromatic rings. The SMILES string of the molecule is Cc1ccc2c(cnn2C2CCCCO2)c1C1CCCc2c(nc(OC[C@@H]3CCCN3C)nc2N2CCN(C(=O)O)[C@@H](CC#N)C2)C1. The first-order valence-electron chi connectivity index (χ1n) is 17.3. The number of hydrogen-bond donors (Lipinski definition) is 1. The second-order valence-electron chi connectivity index (χ2n) is 13.7. The highest BCUT2D eigenvalue weighted by Crippen LogP contribution is 2.40. The predicted octanol–water partition coefficient (Wildman–Crippen LogP) is 5.05. The van der Waals surface area contributed by atoms with Gasteiger partial charge in [0, 0.05) is 43.2 Å². The van der Waals surface area contributed by atoms with Crippen molar-refractivity contribution in [3.05, 3.63) is 40.7 Å². The lowest BCUT2D eigenvalue weighted by atomic mass is 9.86. The van der Waals surface area contributed by atoms with Crippen molar-refractivity contribution in [3.8, 4) is 12.1 Å². The highest BCUT2D eigenvalue weighted by molar-refractivity contribution is 5.84. The van der Waals surface area contributed by atoms with Gasteiger partial charge in [0.25, 0.3) is 0 Å². The molecule has 4 atom stereocenters. The number of benzene rings is 1. The van der Waals surface area contributed by atoms with Crippen LogP contribution in [0.15, 0.2) is 18.3 Å².